The maximum absolute atomic E-state index is 11.4. The molecular weight excluding hydrogens is 264 g/mol. The van der Waals surface area contributed by atoms with Crippen molar-refractivity contribution < 1.29 is 14.3 Å². The van der Waals surface area contributed by atoms with Crippen LogP contribution in [0.25, 0.3) is 5.65 Å². The Kier molecular flexibility index (Phi) is 2.79. The summed E-state index contributed by atoms with van der Waals surface area (Å²) in [6, 6.07) is 7.18. The first-order chi connectivity index (χ1) is 9.16. The van der Waals surface area contributed by atoms with Gasteiger partial charge in [0, 0.05) is 6.20 Å². The molecule has 96 valence electrons. The normalized spacial score (nSPS) is 11.0. The predicted octanol–water partition coefficient (Wildman–Crippen LogP) is 3.09. The molecule has 3 heterocycles. The fraction of sp³-hybridized carbons (Fsp3) is 0.0769. The number of aromatic carboxylic acids is 1. The fourth-order valence-electron chi connectivity index (χ4n) is 1.82. The summed E-state index contributed by atoms with van der Waals surface area (Å²) in [6.07, 6.45) is 3.27. The molecule has 0 saturated carbocycles. The number of furan rings is 1. The Hall–Kier alpha value is -2.21. The highest BCUT2D eigenvalue weighted by molar-refractivity contribution is 7.99. The first kappa shape index (κ1) is 11.9. The van der Waals surface area contributed by atoms with Gasteiger partial charge in [-0.2, -0.15) is 0 Å². The van der Waals surface area contributed by atoms with Gasteiger partial charge < -0.3 is 9.52 Å². The lowest BCUT2D eigenvalue weighted by molar-refractivity contribution is 0.0685. The molecule has 0 unspecified atom stereocenters. The topological polar surface area (TPSA) is 67.7 Å². The summed E-state index contributed by atoms with van der Waals surface area (Å²) >= 11 is 1.30. The zero-order chi connectivity index (χ0) is 13.4. The van der Waals surface area contributed by atoms with E-state index in [0.29, 0.717) is 10.7 Å². The van der Waals surface area contributed by atoms with E-state index in [1.807, 2.05) is 13.0 Å². The summed E-state index contributed by atoms with van der Waals surface area (Å²) in [5, 5.41) is 9.81. The molecule has 0 amide bonds. The number of aryl methyl sites for hydroxylation is 1. The molecule has 0 radical (unpaired) electrons. The molecule has 0 bridgehead atoms. The van der Waals surface area contributed by atoms with Crippen molar-refractivity contribution in [3.8, 4) is 0 Å². The minimum Gasteiger partial charge on any atom is -0.476 e. The third kappa shape index (κ3) is 2.00. The van der Waals surface area contributed by atoms with Crippen LogP contribution in [0.3, 0.4) is 0 Å². The van der Waals surface area contributed by atoms with Crippen LogP contribution in [0.5, 0.6) is 0 Å². The first-order valence-electron chi connectivity index (χ1n) is 5.59. The van der Waals surface area contributed by atoms with Gasteiger partial charge in [0.05, 0.1) is 11.2 Å². The molecule has 0 aliphatic rings. The SMILES string of the molecule is Cc1occc1Sc1nc2ccccn2c1C(=O)O. The van der Waals surface area contributed by atoms with Crippen LogP contribution in [0.2, 0.25) is 0 Å². The summed E-state index contributed by atoms with van der Waals surface area (Å²) < 4.78 is 6.78. The van der Waals surface area contributed by atoms with Gasteiger partial charge in [-0.05, 0) is 25.1 Å². The van der Waals surface area contributed by atoms with Gasteiger partial charge in [-0.1, -0.05) is 17.8 Å². The number of nitrogens with zero attached hydrogens (tertiary/aromatic N) is 2. The van der Waals surface area contributed by atoms with Gasteiger partial charge in [0.25, 0.3) is 0 Å². The van der Waals surface area contributed by atoms with Crippen molar-refractivity contribution in [2.75, 3.05) is 0 Å². The molecular formula is C13H10N2O3S. The number of pyridine rings is 1. The lowest BCUT2D eigenvalue weighted by Crippen LogP contribution is -2.02. The second-order valence-electron chi connectivity index (χ2n) is 3.94. The molecule has 0 aliphatic heterocycles. The van der Waals surface area contributed by atoms with E-state index in [1.165, 1.54) is 11.8 Å². The van der Waals surface area contributed by atoms with Crippen LogP contribution in [0.4, 0.5) is 0 Å². The molecule has 0 atom stereocenters. The van der Waals surface area contributed by atoms with Crippen LogP contribution >= 0.6 is 11.8 Å². The van der Waals surface area contributed by atoms with Gasteiger partial charge in [-0.3, -0.25) is 4.40 Å². The number of rotatable bonds is 3. The molecule has 0 aromatic carbocycles. The van der Waals surface area contributed by atoms with E-state index in [2.05, 4.69) is 4.98 Å². The van der Waals surface area contributed by atoms with Crippen LogP contribution in [0.15, 0.2) is 51.1 Å². The number of carboxylic acid groups (broad SMARTS) is 1. The lowest BCUT2D eigenvalue weighted by atomic mass is 10.4. The summed E-state index contributed by atoms with van der Waals surface area (Å²) in [6.45, 7) is 1.83. The standard InChI is InChI=1S/C13H10N2O3S/c1-8-9(5-7-18-8)19-12-11(13(16)17)15-6-3-2-4-10(15)14-12/h2-7H,1H3,(H,16,17). The molecule has 19 heavy (non-hydrogen) atoms. The number of fused-ring (bicyclic) bond motifs is 1. The second-order valence-corrected chi connectivity index (χ2v) is 4.97. The molecule has 1 N–H and O–H groups in total. The summed E-state index contributed by atoms with van der Waals surface area (Å²) in [4.78, 5) is 16.6. The van der Waals surface area contributed by atoms with Crippen molar-refractivity contribution in [3.05, 3.63) is 48.2 Å². The van der Waals surface area contributed by atoms with Crippen molar-refractivity contribution in [2.45, 2.75) is 16.8 Å². The van der Waals surface area contributed by atoms with Crippen molar-refractivity contribution in [2.24, 2.45) is 0 Å². The monoisotopic (exact) mass is 274 g/mol. The zero-order valence-corrected chi connectivity index (χ0v) is 10.8. The molecule has 0 saturated heterocycles. The number of aromatic nitrogens is 2. The number of hydrogen-bond acceptors (Lipinski definition) is 4. The van der Waals surface area contributed by atoms with E-state index >= 15 is 0 Å². The first-order valence-corrected chi connectivity index (χ1v) is 6.41. The van der Waals surface area contributed by atoms with Gasteiger partial charge >= 0.3 is 5.97 Å². The van der Waals surface area contributed by atoms with Crippen LogP contribution in [0.1, 0.15) is 16.2 Å². The summed E-state index contributed by atoms with van der Waals surface area (Å²) in [5.41, 5.74) is 0.782. The Bertz CT molecular complexity index is 760. The summed E-state index contributed by atoms with van der Waals surface area (Å²) in [7, 11) is 0. The van der Waals surface area contributed by atoms with Gasteiger partial charge in [-0.15, -0.1) is 0 Å². The molecule has 0 fully saturated rings. The maximum Gasteiger partial charge on any atom is 0.355 e. The van der Waals surface area contributed by atoms with Crippen LogP contribution < -0.4 is 0 Å². The summed E-state index contributed by atoms with van der Waals surface area (Å²) in [5.74, 6) is -0.249. The van der Waals surface area contributed by atoms with Crippen molar-refractivity contribution >= 4 is 23.4 Å². The Labute approximate surface area is 112 Å². The zero-order valence-electron chi connectivity index (χ0n) is 10.0. The minimum absolute atomic E-state index is 0.168. The minimum atomic E-state index is -0.998. The highest BCUT2D eigenvalue weighted by Crippen LogP contribution is 2.33. The predicted molar refractivity (Wildman–Crippen MR) is 69.7 cm³/mol. The van der Waals surface area contributed by atoms with E-state index in [0.717, 1.165) is 10.7 Å². The van der Waals surface area contributed by atoms with E-state index in [4.69, 9.17) is 4.42 Å². The largest absolute Gasteiger partial charge is 0.476 e. The van der Waals surface area contributed by atoms with Gasteiger partial charge in [0.2, 0.25) is 0 Å². The number of carboxylic acids is 1. The van der Waals surface area contributed by atoms with Crippen LogP contribution in [0, 0.1) is 6.92 Å². The Morgan fingerprint density at radius 2 is 2.26 bits per heavy atom. The van der Waals surface area contributed by atoms with E-state index in [-0.39, 0.29) is 5.69 Å². The van der Waals surface area contributed by atoms with Crippen LogP contribution in [-0.4, -0.2) is 20.5 Å². The average Bonchev–Trinajstić information content (AvgIpc) is 2.93. The van der Waals surface area contributed by atoms with Gasteiger partial charge in [0.15, 0.2) is 5.69 Å². The Morgan fingerprint density at radius 1 is 1.42 bits per heavy atom. The second kappa shape index (κ2) is 4.47. The molecule has 3 rings (SSSR count). The molecule has 0 spiro atoms. The van der Waals surface area contributed by atoms with Crippen molar-refractivity contribution in [1.82, 2.24) is 9.38 Å². The highest BCUT2D eigenvalue weighted by atomic mass is 32.2. The fourth-order valence-corrected chi connectivity index (χ4v) is 2.77. The van der Waals surface area contributed by atoms with E-state index in [1.54, 1.807) is 35.1 Å². The Morgan fingerprint density at radius 3 is 2.95 bits per heavy atom. The van der Waals surface area contributed by atoms with E-state index in [9.17, 15) is 9.90 Å². The molecule has 5 nitrogen and oxygen atoms in total. The third-order valence-corrected chi connectivity index (χ3v) is 3.84. The smallest absolute Gasteiger partial charge is 0.355 e. The molecule has 3 aromatic rings. The Balaban J connectivity index is 2.15. The highest BCUT2D eigenvalue weighted by Gasteiger charge is 2.20. The van der Waals surface area contributed by atoms with Crippen molar-refractivity contribution in [1.29, 1.82) is 0 Å². The molecule has 6 heteroatoms. The van der Waals surface area contributed by atoms with Crippen molar-refractivity contribution in [3.63, 3.8) is 0 Å². The van der Waals surface area contributed by atoms with Gasteiger partial charge in [0.1, 0.15) is 16.4 Å². The third-order valence-electron chi connectivity index (χ3n) is 2.72. The maximum atomic E-state index is 11.4. The van der Waals surface area contributed by atoms with Crippen LogP contribution in [-0.2, 0) is 0 Å². The van der Waals surface area contributed by atoms with E-state index < -0.39 is 5.97 Å². The number of imidazole rings is 1. The molecule has 0 aliphatic carbocycles. The quantitative estimate of drug-likeness (QED) is 0.795. The lowest BCUT2D eigenvalue weighted by Gasteiger charge is -1.98. The number of hydrogen-bond donors (Lipinski definition) is 1. The average molecular weight is 274 g/mol. The van der Waals surface area contributed by atoms with Gasteiger partial charge in [-0.25, -0.2) is 9.78 Å². The number of carbonyl (C=O) groups is 1. The molecule has 3 aromatic heterocycles.